The molecule has 6 heteroatoms. The van der Waals surface area contributed by atoms with E-state index in [2.05, 4.69) is 10.6 Å². The standard InChI is InChI=1S/C13H15ClN2O3/c14-8-4-3-6-9(11(8)13(18)19)16-12(17)10-5-1-2-7-15-10/h3-4,6,10,15H,1-2,5,7H2,(H,16,17)(H,18,19)/t10-/m0/s1. The first-order chi connectivity index (χ1) is 9.09. The summed E-state index contributed by atoms with van der Waals surface area (Å²) in [5, 5.41) is 15.0. The number of hydrogen-bond acceptors (Lipinski definition) is 3. The number of anilines is 1. The van der Waals surface area contributed by atoms with Gasteiger partial charge in [-0.3, -0.25) is 4.79 Å². The fourth-order valence-corrected chi connectivity index (χ4v) is 2.40. The number of benzene rings is 1. The molecule has 0 unspecified atom stereocenters. The fourth-order valence-electron chi connectivity index (χ4n) is 2.14. The Kier molecular flexibility index (Phi) is 4.39. The molecule has 0 aromatic heterocycles. The molecule has 3 N–H and O–H groups in total. The molecule has 1 amide bonds. The number of carbonyl (C=O) groups excluding carboxylic acids is 1. The number of rotatable bonds is 3. The van der Waals surface area contributed by atoms with E-state index in [4.69, 9.17) is 16.7 Å². The SMILES string of the molecule is O=C(O)c1c(Cl)cccc1NC(=O)[C@@H]1CCCCN1. The van der Waals surface area contributed by atoms with Crippen LogP contribution < -0.4 is 10.6 Å². The van der Waals surface area contributed by atoms with Crippen LogP contribution in [-0.4, -0.2) is 29.6 Å². The zero-order valence-electron chi connectivity index (χ0n) is 10.3. The Morgan fingerprint density at radius 3 is 2.79 bits per heavy atom. The second-order valence-electron chi connectivity index (χ2n) is 4.46. The number of hydrogen-bond donors (Lipinski definition) is 3. The lowest BCUT2D eigenvalue weighted by atomic mass is 10.0. The third kappa shape index (κ3) is 3.24. The molecule has 1 heterocycles. The van der Waals surface area contributed by atoms with E-state index >= 15 is 0 Å². The Bertz CT molecular complexity index is 499. The summed E-state index contributed by atoms with van der Waals surface area (Å²) in [5.41, 5.74) is 0.158. The Morgan fingerprint density at radius 2 is 2.16 bits per heavy atom. The van der Waals surface area contributed by atoms with Gasteiger partial charge in [-0.1, -0.05) is 24.1 Å². The van der Waals surface area contributed by atoms with Crippen molar-refractivity contribution < 1.29 is 14.7 Å². The van der Waals surface area contributed by atoms with Gasteiger partial charge in [0.05, 0.1) is 16.8 Å². The van der Waals surface area contributed by atoms with Gasteiger partial charge in [0.15, 0.2) is 0 Å². The summed E-state index contributed by atoms with van der Waals surface area (Å²) >= 11 is 5.85. The molecule has 1 saturated heterocycles. The van der Waals surface area contributed by atoms with Crippen molar-refractivity contribution in [2.75, 3.05) is 11.9 Å². The monoisotopic (exact) mass is 282 g/mol. The lowest BCUT2D eigenvalue weighted by molar-refractivity contribution is -0.118. The van der Waals surface area contributed by atoms with Gasteiger partial charge in [0, 0.05) is 0 Å². The van der Waals surface area contributed by atoms with Crippen molar-refractivity contribution in [3.05, 3.63) is 28.8 Å². The smallest absolute Gasteiger partial charge is 0.339 e. The van der Waals surface area contributed by atoms with E-state index in [9.17, 15) is 9.59 Å². The Labute approximate surface area is 116 Å². The van der Waals surface area contributed by atoms with Gasteiger partial charge in [0.25, 0.3) is 0 Å². The largest absolute Gasteiger partial charge is 0.478 e. The minimum absolute atomic E-state index is 0.0756. The summed E-state index contributed by atoms with van der Waals surface area (Å²) in [6, 6.07) is 4.36. The highest BCUT2D eigenvalue weighted by Crippen LogP contribution is 2.24. The molecule has 1 aromatic carbocycles. The molecule has 1 aliphatic rings. The maximum atomic E-state index is 12.0. The number of nitrogens with one attached hydrogen (secondary N) is 2. The number of amides is 1. The summed E-state index contributed by atoms with van der Waals surface area (Å²) in [5.74, 6) is -1.37. The van der Waals surface area contributed by atoms with Gasteiger partial charge in [-0.2, -0.15) is 0 Å². The van der Waals surface area contributed by atoms with E-state index in [1.54, 1.807) is 6.07 Å². The zero-order valence-corrected chi connectivity index (χ0v) is 11.0. The van der Waals surface area contributed by atoms with Crippen LogP contribution in [0.4, 0.5) is 5.69 Å². The lowest BCUT2D eigenvalue weighted by Crippen LogP contribution is -2.43. The van der Waals surface area contributed by atoms with Crippen LogP contribution in [-0.2, 0) is 4.79 Å². The minimum atomic E-state index is -1.16. The first-order valence-corrected chi connectivity index (χ1v) is 6.53. The highest BCUT2D eigenvalue weighted by Gasteiger charge is 2.23. The van der Waals surface area contributed by atoms with E-state index in [1.165, 1.54) is 12.1 Å². The molecule has 0 aliphatic carbocycles. The van der Waals surface area contributed by atoms with Crippen LogP contribution in [0.1, 0.15) is 29.6 Å². The Hall–Kier alpha value is -1.59. The second-order valence-corrected chi connectivity index (χ2v) is 4.87. The molecule has 5 nitrogen and oxygen atoms in total. The second kappa shape index (κ2) is 6.04. The Morgan fingerprint density at radius 1 is 1.37 bits per heavy atom. The molecule has 19 heavy (non-hydrogen) atoms. The first kappa shape index (κ1) is 13.8. The summed E-state index contributed by atoms with van der Waals surface area (Å²) < 4.78 is 0. The van der Waals surface area contributed by atoms with Crippen molar-refractivity contribution in [2.45, 2.75) is 25.3 Å². The third-order valence-electron chi connectivity index (χ3n) is 3.11. The molecular weight excluding hydrogens is 268 g/mol. The lowest BCUT2D eigenvalue weighted by Gasteiger charge is -2.23. The number of aromatic carboxylic acids is 1. The molecule has 0 saturated carbocycles. The summed E-state index contributed by atoms with van der Waals surface area (Å²) in [6.45, 7) is 0.805. The van der Waals surface area contributed by atoms with E-state index in [0.717, 1.165) is 25.8 Å². The topological polar surface area (TPSA) is 78.4 Å². The average molecular weight is 283 g/mol. The normalized spacial score (nSPS) is 18.9. The highest BCUT2D eigenvalue weighted by molar-refractivity contribution is 6.34. The molecule has 1 fully saturated rings. The molecule has 1 aliphatic heterocycles. The van der Waals surface area contributed by atoms with Crippen LogP contribution in [0.2, 0.25) is 5.02 Å². The maximum absolute atomic E-state index is 12.0. The van der Waals surface area contributed by atoms with Crippen LogP contribution in [0, 0.1) is 0 Å². The van der Waals surface area contributed by atoms with Crippen LogP contribution in [0.25, 0.3) is 0 Å². The number of halogens is 1. The van der Waals surface area contributed by atoms with Crippen LogP contribution >= 0.6 is 11.6 Å². The fraction of sp³-hybridized carbons (Fsp3) is 0.385. The van der Waals surface area contributed by atoms with Crippen molar-refractivity contribution in [1.82, 2.24) is 5.32 Å². The number of carboxylic acids is 1. The number of piperidine rings is 1. The third-order valence-corrected chi connectivity index (χ3v) is 3.43. The highest BCUT2D eigenvalue weighted by atomic mass is 35.5. The van der Waals surface area contributed by atoms with Gasteiger partial charge in [0.1, 0.15) is 5.56 Å². The molecule has 0 spiro atoms. The van der Waals surface area contributed by atoms with Crippen molar-refractivity contribution >= 4 is 29.2 Å². The summed E-state index contributed by atoms with van der Waals surface area (Å²) in [4.78, 5) is 23.2. The van der Waals surface area contributed by atoms with Crippen LogP contribution in [0.15, 0.2) is 18.2 Å². The molecule has 0 radical (unpaired) electrons. The van der Waals surface area contributed by atoms with Gasteiger partial charge in [-0.05, 0) is 31.5 Å². The summed E-state index contributed by atoms with van der Waals surface area (Å²) in [6.07, 6.45) is 2.81. The van der Waals surface area contributed by atoms with Gasteiger partial charge < -0.3 is 15.7 Å². The molecule has 0 bridgehead atoms. The minimum Gasteiger partial charge on any atom is -0.478 e. The molecule has 1 aromatic rings. The van der Waals surface area contributed by atoms with Crippen molar-refractivity contribution in [3.63, 3.8) is 0 Å². The zero-order chi connectivity index (χ0) is 13.8. The van der Waals surface area contributed by atoms with E-state index in [0.29, 0.717) is 0 Å². The van der Waals surface area contributed by atoms with Gasteiger partial charge in [-0.15, -0.1) is 0 Å². The predicted octanol–water partition coefficient (Wildman–Crippen LogP) is 2.12. The average Bonchev–Trinajstić information content (AvgIpc) is 2.39. The van der Waals surface area contributed by atoms with Crippen molar-refractivity contribution in [2.24, 2.45) is 0 Å². The molecule has 2 rings (SSSR count). The molecule has 102 valence electrons. The van der Waals surface area contributed by atoms with Gasteiger partial charge in [-0.25, -0.2) is 4.79 Å². The number of carboxylic acid groups (broad SMARTS) is 1. The van der Waals surface area contributed by atoms with Crippen LogP contribution in [0.5, 0.6) is 0 Å². The van der Waals surface area contributed by atoms with Gasteiger partial charge in [0.2, 0.25) is 5.91 Å². The molecular formula is C13H15ClN2O3. The number of carbonyl (C=O) groups is 2. The maximum Gasteiger partial charge on any atom is 0.339 e. The predicted molar refractivity (Wildman–Crippen MR) is 72.7 cm³/mol. The van der Waals surface area contributed by atoms with E-state index < -0.39 is 5.97 Å². The van der Waals surface area contributed by atoms with Crippen molar-refractivity contribution in [3.8, 4) is 0 Å². The Balaban J connectivity index is 2.16. The summed E-state index contributed by atoms with van der Waals surface area (Å²) in [7, 11) is 0. The van der Waals surface area contributed by atoms with E-state index in [1.807, 2.05) is 0 Å². The molecule has 1 atom stereocenters. The first-order valence-electron chi connectivity index (χ1n) is 6.15. The van der Waals surface area contributed by atoms with Crippen molar-refractivity contribution in [1.29, 1.82) is 0 Å². The van der Waals surface area contributed by atoms with Crippen LogP contribution in [0.3, 0.4) is 0 Å². The van der Waals surface area contributed by atoms with E-state index in [-0.39, 0.29) is 28.2 Å². The quantitative estimate of drug-likeness (QED) is 0.793. The van der Waals surface area contributed by atoms with Gasteiger partial charge >= 0.3 is 5.97 Å².